The van der Waals surface area contributed by atoms with Gasteiger partial charge in [0.1, 0.15) is 0 Å². The van der Waals surface area contributed by atoms with E-state index in [1.165, 1.54) is 6.42 Å². The molecule has 4 heteroatoms. The van der Waals surface area contributed by atoms with Gasteiger partial charge in [0.2, 0.25) is 5.91 Å². The molecule has 0 bridgehead atoms. The first kappa shape index (κ1) is 13.8. The Kier molecular flexibility index (Phi) is 4.24. The Morgan fingerprint density at radius 1 is 1.38 bits per heavy atom. The number of carbonyl (C=O) groups is 1. The average molecular weight is 247 g/mol. The molecule has 2 heterocycles. The van der Waals surface area contributed by atoms with Gasteiger partial charge in [0.05, 0.1) is 0 Å². The molecular weight excluding hydrogens is 224 g/mol. The highest BCUT2D eigenvalue weighted by molar-refractivity contribution is 5.85. The summed E-state index contributed by atoms with van der Waals surface area (Å²) in [4.78, 5) is 14.2. The van der Waals surface area contributed by atoms with Crippen molar-refractivity contribution in [1.29, 1.82) is 0 Å². The lowest BCUT2D eigenvalue weighted by atomic mass is 9.91. The summed E-state index contributed by atoms with van der Waals surface area (Å²) in [7, 11) is 0. The molecule has 2 rings (SSSR count). The van der Waals surface area contributed by atoms with Crippen LogP contribution in [0.25, 0.3) is 0 Å². The zero-order chi connectivity index (χ0) is 11.1. The first-order chi connectivity index (χ1) is 6.97. The molecule has 1 N–H and O–H groups in total. The molecule has 0 radical (unpaired) electrons. The second kappa shape index (κ2) is 4.92. The second-order valence-corrected chi connectivity index (χ2v) is 6.10. The maximum atomic E-state index is 12.1. The molecule has 2 atom stereocenters. The lowest BCUT2D eigenvalue weighted by Crippen LogP contribution is -2.40. The van der Waals surface area contributed by atoms with E-state index in [0.717, 1.165) is 19.6 Å². The molecule has 0 saturated carbocycles. The van der Waals surface area contributed by atoms with Crippen LogP contribution in [0.2, 0.25) is 0 Å². The number of carbonyl (C=O) groups excluding carboxylic acids is 1. The summed E-state index contributed by atoms with van der Waals surface area (Å²) >= 11 is 0. The average Bonchev–Trinajstić information content (AvgIpc) is 2.57. The number of amides is 1. The summed E-state index contributed by atoms with van der Waals surface area (Å²) in [5.74, 6) is 1.06. The maximum Gasteiger partial charge on any atom is 0.223 e. The highest BCUT2D eigenvalue weighted by Crippen LogP contribution is 2.29. The largest absolute Gasteiger partial charge is 0.338 e. The van der Waals surface area contributed by atoms with E-state index in [9.17, 15) is 4.79 Å². The second-order valence-electron chi connectivity index (χ2n) is 6.10. The van der Waals surface area contributed by atoms with Gasteiger partial charge in [0.25, 0.3) is 0 Å². The van der Waals surface area contributed by atoms with E-state index in [0.29, 0.717) is 24.3 Å². The summed E-state index contributed by atoms with van der Waals surface area (Å²) < 4.78 is 0. The van der Waals surface area contributed by atoms with Gasteiger partial charge in [0, 0.05) is 32.1 Å². The van der Waals surface area contributed by atoms with E-state index >= 15 is 0 Å². The van der Waals surface area contributed by atoms with Gasteiger partial charge < -0.3 is 10.2 Å². The minimum atomic E-state index is 0. The first-order valence-electron chi connectivity index (χ1n) is 5.97. The molecule has 3 nitrogen and oxygen atoms in total. The van der Waals surface area contributed by atoms with Gasteiger partial charge >= 0.3 is 0 Å². The van der Waals surface area contributed by atoms with Crippen LogP contribution in [0, 0.1) is 11.3 Å². The number of hydrogen-bond acceptors (Lipinski definition) is 2. The molecule has 2 unspecified atom stereocenters. The van der Waals surface area contributed by atoms with Crippen LogP contribution >= 0.6 is 12.4 Å². The van der Waals surface area contributed by atoms with E-state index in [4.69, 9.17) is 0 Å². The SMILES string of the molecule is CC(C)(C)CC(=O)N1CCC2CNCC21.Cl. The normalized spacial score (nSPS) is 28.8. The van der Waals surface area contributed by atoms with E-state index in [2.05, 4.69) is 31.0 Å². The molecule has 2 aliphatic heterocycles. The molecule has 0 aromatic carbocycles. The fraction of sp³-hybridized carbons (Fsp3) is 0.917. The molecule has 0 aliphatic carbocycles. The molecule has 2 fully saturated rings. The number of rotatable bonds is 1. The highest BCUT2D eigenvalue weighted by Gasteiger charge is 2.40. The summed E-state index contributed by atoms with van der Waals surface area (Å²) in [6, 6.07) is 0.486. The van der Waals surface area contributed by atoms with Crippen molar-refractivity contribution in [2.75, 3.05) is 19.6 Å². The van der Waals surface area contributed by atoms with Crippen LogP contribution in [0.15, 0.2) is 0 Å². The fourth-order valence-corrected chi connectivity index (χ4v) is 2.71. The van der Waals surface area contributed by atoms with Crippen LogP contribution in [-0.2, 0) is 4.79 Å². The van der Waals surface area contributed by atoms with Crippen LogP contribution in [0.3, 0.4) is 0 Å². The van der Waals surface area contributed by atoms with Crippen LogP contribution < -0.4 is 5.32 Å². The third kappa shape index (κ3) is 2.89. The van der Waals surface area contributed by atoms with Crippen molar-refractivity contribution in [2.24, 2.45) is 11.3 Å². The zero-order valence-electron chi connectivity index (χ0n) is 10.5. The Morgan fingerprint density at radius 3 is 2.69 bits per heavy atom. The molecule has 1 amide bonds. The van der Waals surface area contributed by atoms with Crippen molar-refractivity contribution in [3.05, 3.63) is 0 Å². The van der Waals surface area contributed by atoms with Gasteiger partial charge in [0.15, 0.2) is 0 Å². The van der Waals surface area contributed by atoms with Crippen molar-refractivity contribution in [3.8, 4) is 0 Å². The predicted octanol–water partition coefficient (Wildman–Crippen LogP) is 1.66. The maximum absolute atomic E-state index is 12.1. The molecule has 2 saturated heterocycles. The number of likely N-dealkylation sites (tertiary alicyclic amines) is 1. The molecule has 0 spiro atoms. The smallest absolute Gasteiger partial charge is 0.223 e. The monoisotopic (exact) mass is 246 g/mol. The lowest BCUT2D eigenvalue weighted by molar-refractivity contribution is -0.133. The predicted molar refractivity (Wildman–Crippen MR) is 67.8 cm³/mol. The van der Waals surface area contributed by atoms with Crippen molar-refractivity contribution in [1.82, 2.24) is 10.2 Å². The summed E-state index contributed by atoms with van der Waals surface area (Å²) in [6.07, 6.45) is 1.86. The Balaban J connectivity index is 0.00000128. The number of nitrogens with zero attached hydrogens (tertiary/aromatic N) is 1. The van der Waals surface area contributed by atoms with Gasteiger partial charge in [-0.2, -0.15) is 0 Å². The van der Waals surface area contributed by atoms with E-state index < -0.39 is 0 Å². The van der Waals surface area contributed by atoms with Crippen molar-refractivity contribution in [3.63, 3.8) is 0 Å². The van der Waals surface area contributed by atoms with Gasteiger partial charge in [-0.25, -0.2) is 0 Å². The molecular formula is C12H23ClN2O. The highest BCUT2D eigenvalue weighted by atomic mass is 35.5. The Labute approximate surface area is 104 Å². The zero-order valence-corrected chi connectivity index (χ0v) is 11.3. The van der Waals surface area contributed by atoms with Crippen molar-refractivity contribution < 1.29 is 4.79 Å². The minimum Gasteiger partial charge on any atom is -0.338 e. The molecule has 0 aromatic heterocycles. The van der Waals surface area contributed by atoms with Crippen molar-refractivity contribution in [2.45, 2.75) is 39.7 Å². The Bertz CT molecular complexity index is 262. The van der Waals surface area contributed by atoms with Gasteiger partial charge in [-0.15, -0.1) is 12.4 Å². The lowest BCUT2D eigenvalue weighted by Gasteiger charge is -2.27. The Hall–Kier alpha value is -0.280. The topological polar surface area (TPSA) is 32.3 Å². The van der Waals surface area contributed by atoms with Gasteiger partial charge in [-0.1, -0.05) is 20.8 Å². The number of fused-ring (bicyclic) bond motifs is 1. The van der Waals surface area contributed by atoms with E-state index in [1.54, 1.807) is 0 Å². The fourth-order valence-electron chi connectivity index (χ4n) is 2.71. The molecule has 16 heavy (non-hydrogen) atoms. The number of halogens is 1. The van der Waals surface area contributed by atoms with Crippen LogP contribution in [-0.4, -0.2) is 36.5 Å². The third-order valence-electron chi connectivity index (χ3n) is 3.45. The molecule has 0 aromatic rings. The molecule has 2 aliphatic rings. The summed E-state index contributed by atoms with van der Waals surface area (Å²) in [6.45, 7) is 9.47. The standard InChI is InChI=1S/C12H22N2O.ClH/c1-12(2,3)6-11(15)14-5-4-9-7-13-8-10(9)14;/h9-10,13H,4-8H2,1-3H3;1H. The summed E-state index contributed by atoms with van der Waals surface area (Å²) in [5, 5.41) is 3.38. The van der Waals surface area contributed by atoms with E-state index in [-0.39, 0.29) is 17.8 Å². The van der Waals surface area contributed by atoms with Gasteiger partial charge in [-0.05, 0) is 17.8 Å². The summed E-state index contributed by atoms with van der Waals surface area (Å²) in [5.41, 5.74) is 0.112. The van der Waals surface area contributed by atoms with Crippen LogP contribution in [0.1, 0.15) is 33.6 Å². The van der Waals surface area contributed by atoms with E-state index in [1.807, 2.05) is 0 Å². The van der Waals surface area contributed by atoms with Crippen LogP contribution in [0.5, 0.6) is 0 Å². The van der Waals surface area contributed by atoms with Crippen LogP contribution in [0.4, 0.5) is 0 Å². The number of hydrogen-bond donors (Lipinski definition) is 1. The quantitative estimate of drug-likeness (QED) is 0.763. The third-order valence-corrected chi connectivity index (χ3v) is 3.45. The number of nitrogens with one attached hydrogen (secondary N) is 1. The van der Waals surface area contributed by atoms with Gasteiger partial charge in [-0.3, -0.25) is 4.79 Å². The molecule has 94 valence electrons. The Morgan fingerprint density at radius 2 is 2.06 bits per heavy atom. The minimum absolute atomic E-state index is 0. The van der Waals surface area contributed by atoms with Crippen molar-refractivity contribution >= 4 is 18.3 Å². The first-order valence-corrected chi connectivity index (χ1v) is 5.97.